The number of thioether (sulfide) groups is 1. The van der Waals surface area contributed by atoms with E-state index in [2.05, 4.69) is 35.0 Å². The lowest BCUT2D eigenvalue weighted by Gasteiger charge is -2.13. The smallest absolute Gasteiger partial charge is 0.127 e. The van der Waals surface area contributed by atoms with E-state index in [0.29, 0.717) is 12.0 Å². The summed E-state index contributed by atoms with van der Waals surface area (Å²) in [5.41, 5.74) is 2.62. The molecule has 0 spiro atoms. The molecule has 25 heavy (non-hydrogen) atoms. The Morgan fingerprint density at radius 3 is 3.00 bits per heavy atom. The second kappa shape index (κ2) is 8.00. The van der Waals surface area contributed by atoms with Gasteiger partial charge >= 0.3 is 0 Å². The van der Waals surface area contributed by atoms with Gasteiger partial charge in [-0.05, 0) is 47.2 Å². The highest BCUT2D eigenvalue weighted by atomic mass is 35.5. The van der Waals surface area contributed by atoms with Gasteiger partial charge in [0.15, 0.2) is 0 Å². The van der Waals surface area contributed by atoms with Crippen molar-refractivity contribution in [1.29, 1.82) is 0 Å². The number of thiophene rings is 1. The van der Waals surface area contributed by atoms with Gasteiger partial charge in [-0.25, -0.2) is 0 Å². The molecule has 1 aromatic heterocycles. The van der Waals surface area contributed by atoms with Gasteiger partial charge in [-0.2, -0.15) is 0 Å². The number of ether oxygens (including phenoxy) is 1. The van der Waals surface area contributed by atoms with E-state index in [4.69, 9.17) is 16.3 Å². The number of benzene rings is 2. The van der Waals surface area contributed by atoms with Crippen LogP contribution >= 0.6 is 34.7 Å². The molecule has 2 nitrogen and oxygen atoms in total. The van der Waals surface area contributed by atoms with Crippen LogP contribution in [0, 0.1) is 0 Å². The summed E-state index contributed by atoms with van der Waals surface area (Å²) in [6.45, 7) is 1.78. The Morgan fingerprint density at radius 1 is 1.20 bits per heavy atom. The van der Waals surface area contributed by atoms with Gasteiger partial charge in [0.1, 0.15) is 5.75 Å². The summed E-state index contributed by atoms with van der Waals surface area (Å²) in [4.78, 5) is 0. The van der Waals surface area contributed by atoms with Crippen LogP contribution in [-0.4, -0.2) is 24.3 Å². The summed E-state index contributed by atoms with van der Waals surface area (Å²) in [6, 6.07) is 14.5. The zero-order chi connectivity index (χ0) is 17.1. The Balaban J connectivity index is 1.46. The summed E-state index contributed by atoms with van der Waals surface area (Å²) in [5, 5.41) is 8.27. The molecule has 1 aliphatic rings. The zero-order valence-electron chi connectivity index (χ0n) is 13.8. The number of halogens is 1. The van der Waals surface area contributed by atoms with Gasteiger partial charge in [-0.3, -0.25) is 0 Å². The van der Waals surface area contributed by atoms with Crippen LogP contribution < -0.4 is 10.1 Å². The average molecular weight is 390 g/mol. The normalized spacial score (nSPS) is 17.2. The van der Waals surface area contributed by atoms with Crippen LogP contribution in [0.1, 0.15) is 11.1 Å². The van der Waals surface area contributed by atoms with E-state index in [1.165, 1.54) is 27.0 Å². The third-order valence-electron chi connectivity index (χ3n) is 4.39. The SMILES string of the molecule is Clc1cccc(CCOc2ccc(CC3NCCS3)c3sccc23)c1. The first-order valence-electron chi connectivity index (χ1n) is 8.51. The van der Waals surface area contributed by atoms with Crippen molar-refractivity contribution in [1.82, 2.24) is 5.32 Å². The summed E-state index contributed by atoms with van der Waals surface area (Å²) >= 11 is 9.87. The minimum absolute atomic E-state index is 0.542. The molecule has 0 aliphatic carbocycles. The van der Waals surface area contributed by atoms with E-state index < -0.39 is 0 Å². The topological polar surface area (TPSA) is 21.3 Å². The standard InChI is InChI=1S/C20H20ClNOS2/c21-16-3-1-2-14(12-16)6-9-23-18-5-4-15(13-19-22-8-11-24-19)20-17(18)7-10-25-20/h1-5,7,10,12,19,22H,6,8-9,11,13H2. The van der Waals surface area contributed by atoms with Crippen LogP contribution in [0.15, 0.2) is 47.8 Å². The average Bonchev–Trinajstić information content (AvgIpc) is 3.28. The number of rotatable bonds is 6. The lowest BCUT2D eigenvalue weighted by Crippen LogP contribution is -2.21. The first kappa shape index (κ1) is 17.2. The molecule has 5 heteroatoms. The largest absolute Gasteiger partial charge is 0.493 e. The van der Waals surface area contributed by atoms with E-state index >= 15 is 0 Å². The summed E-state index contributed by atoms with van der Waals surface area (Å²) in [6.07, 6.45) is 1.93. The maximum Gasteiger partial charge on any atom is 0.127 e. The molecule has 2 aromatic carbocycles. The van der Waals surface area contributed by atoms with Crippen molar-refractivity contribution in [3.63, 3.8) is 0 Å². The molecule has 3 aromatic rings. The van der Waals surface area contributed by atoms with Crippen molar-refractivity contribution in [2.45, 2.75) is 18.2 Å². The lowest BCUT2D eigenvalue weighted by molar-refractivity contribution is 0.326. The van der Waals surface area contributed by atoms with Crippen molar-refractivity contribution in [3.8, 4) is 5.75 Å². The monoisotopic (exact) mass is 389 g/mol. The van der Waals surface area contributed by atoms with Gasteiger partial charge in [-0.1, -0.05) is 29.8 Å². The maximum absolute atomic E-state index is 6.09. The van der Waals surface area contributed by atoms with Gasteiger partial charge in [0.25, 0.3) is 0 Å². The molecule has 1 unspecified atom stereocenters. The molecular weight excluding hydrogens is 370 g/mol. The maximum atomic E-state index is 6.09. The molecule has 4 rings (SSSR count). The Hall–Kier alpha value is -1.20. The minimum atomic E-state index is 0.542. The third kappa shape index (κ3) is 4.14. The van der Waals surface area contributed by atoms with Gasteiger partial charge < -0.3 is 10.1 Å². The van der Waals surface area contributed by atoms with Crippen molar-refractivity contribution >= 4 is 44.8 Å². The van der Waals surface area contributed by atoms with E-state index in [0.717, 1.165) is 30.2 Å². The van der Waals surface area contributed by atoms with E-state index in [-0.39, 0.29) is 0 Å². The Bertz CT molecular complexity index is 858. The predicted molar refractivity (Wildman–Crippen MR) is 110 cm³/mol. The molecule has 0 radical (unpaired) electrons. The first-order valence-corrected chi connectivity index (χ1v) is 10.8. The molecule has 1 saturated heterocycles. The number of nitrogens with one attached hydrogen (secondary N) is 1. The Morgan fingerprint density at radius 2 is 2.16 bits per heavy atom. The Kier molecular flexibility index (Phi) is 5.51. The molecule has 130 valence electrons. The van der Waals surface area contributed by atoms with Crippen LogP contribution in [0.5, 0.6) is 5.75 Å². The Labute approximate surface area is 161 Å². The molecule has 1 atom stereocenters. The molecule has 1 N–H and O–H groups in total. The van der Waals surface area contributed by atoms with Gasteiger partial charge in [0, 0.05) is 33.8 Å². The quantitative estimate of drug-likeness (QED) is 0.611. The number of hydrogen-bond acceptors (Lipinski definition) is 4. The van der Waals surface area contributed by atoms with Crippen LogP contribution in [0.25, 0.3) is 10.1 Å². The fourth-order valence-corrected chi connectivity index (χ4v) is 5.37. The fraction of sp³-hybridized carbons (Fsp3) is 0.300. The number of fused-ring (bicyclic) bond motifs is 1. The van der Waals surface area contributed by atoms with Crippen molar-refractivity contribution in [2.24, 2.45) is 0 Å². The van der Waals surface area contributed by atoms with Crippen molar-refractivity contribution in [2.75, 3.05) is 18.9 Å². The van der Waals surface area contributed by atoms with Crippen LogP contribution in [-0.2, 0) is 12.8 Å². The molecule has 1 fully saturated rings. The highest BCUT2D eigenvalue weighted by Crippen LogP contribution is 2.34. The summed E-state index contributed by atoms with van der Waals surface area (Å²) in [5.74, 6) is 2.19. The first-order chi connectivity index (χ1) is 12.3. The van der Waals surface area contributed by atoms with Gasteiger partial charge in [0.05, 0.1) is 12.0 Å². The van der Waals surface area contributed by atoms with Crippen molar-refractivity contribution in [3.05, 3.63) is 64.0 Å². The minimum Gasteiger partial charge on any atom is -0.493 e. The van der Waals surface area contributed by atoms with Crippen LogP contribution in [0.2, 0.25) is 5.02 Å². The molecular formula is C20H20ClNOS2. The second-order valence-corrected chi connectivity index (χ2v) is 8.80. The summed E-state index contributed by atoms with van der Waals surface area (Å²) in [7, 11) is 0. The van der Waals surface area contributed by atoms with Gasteiger partial charge in [-0.15, -0.1) is 23.1 Å². The van der Waals surface area contributed by atoms with E-state index in [1.54, 1.807) is 0 Å². The predicted octanol–water partition coefficient (Wildman–Crippen LogP) is 5.38. The highest BCUT2D eigenvalue weighted by Gasteiger charge is 2.17. The van der Waals surface area contributed by atoms with Crippen LogP contribution in [0.4, 0.5) is 0 Å². The molecule has 0 saturated carbocycles. The number of hydrogen-bond donors (Lipinski definition) is 1. The third-order valence-corrected chi connectivity index (χ3v) is 6.79. The molecule has 0 amide bonds. The highest BCUT2D eigenvalue weighted by molar-refractivity contribution is 8.00. The molecule has 2 heterocycles. The van der Waals surface area contributed by atoms with Crippen molar-refractivity contribution < 1.29 is 4.74 Å². The van der Waals surface area contributed by atoms with Crippen LogP contribution in [0.3, 0.4) is 0 Å². The zero-order valence-corrected chi connectivity index (χ0v) is 16.2. The second-order valence-electron chi connectivity index (χ2n) is 6.13. The molecule has 1 aliphatic heterocycles. The fourth-order valence-electron chi connectivity index (χ4n) is 3.16. The summed E-state index contributed by atoms with van der Waals surface area (Å²) < 4.78 is 7.45. The molecule has 0 bridgehead atoms. The lowest BCUT2D eigenvalue weighted by atomic mass is 10.1. The van der Waals surface area contributed by atoms with E-state index in [1.807, 2.05) is 41.3 Å². The van der Waals surface area contributed by atoms with Gasteiger partial charge in [0.2, 0.25) is 0 Å². The van der Waals surface area contributed by atoms with E-state index in [9.17, 15) is 0 Å².